The second kappa shape index (κ2) is 9.82. The number of rotatable bonds is 3. The molecule has 0 aliphatic heterocycles. The first-order valence-corrected chi connectivity index (χ1v) is 17.5. The minimum atomic E-state index is 0.989. The molecule has 0 fully saturated rings. The van der Waals surface area contributed by atoms with Gasteiger partial charge in [0, 0.05) is 47.1 Å². The number of hydrogen-bond acceptors (Lipinski definition) is 4. The molecule has 0 amide bonds. The molecule has 0 atom stereocenters. The van der Waals surface area contributed by atoms with Gasteiger partial charge in [-0.25, -0.2) is 0 Å². The van der Waals surface area contributed by atoms with Crippen molar-refractivity contribution in [2.45, 2.75) is 0 Å². The molecule has 1 nitrogen and oxygen atoms in total. The molecular weight excluding hydrogens is 603 g/mol. The summed E-state index contributed by atoms with van der Waals surface area (Å²) in [4.78, 5) is 6.17. The Balaban J connectivity index is 0.972. The van der Waals surface area contributed by atoms with E-state index in [4.69, 9.17) is 4.98 Å². The maximum Gasteiger partial charge on any atom is 0.0702 e. The standard InChI is InChI=1S/C41H23NS3/c1-2-6-27-20-38-33(18-26(27)5-1)40-41(44-38)34-19-29-14-13-28(17-32(29)22-39(34)45-40)31-15-16-35(42-23-31)24-9-11-25(12-10-24)37-21-30-7-3-4-8-36(30)43-37/h1-23H. The topological polar surface area (TPSA) is 12.9 Å². The fraction of sp³-hybridized carbons (Fsp3) is 0. The Labute approximate surface area is 271 Å². The molecule has 6 aromatic carbocycles. The van der Waals surface area contributed by atoms with Gasteiger partial charge in [0.25, 0.3) is 0 Å². The largest absolute Gasteiger partial charge is 0.256 e. The molecule has 0 bridgehead atoms. The molecule has 4 aromatic heterocycles. The van der Waals surface area contributed by atoms with Gasteiger partial charge in [-0.1, -0.05) is 84.9 Å². The highest BCUT2D eigenvalue weighted by Crippen LogP contribution is 2.46. The van der Waals surface area contributed by atoms with Gasteiger partial charge in [-0.2, -0.15) is 0 Å². The summed E-state index contributed by atoms with van der Waals surface area (Å²) in [6, 6.07) is 48.9. The first-order chi connectivity index (χ1) is 22.2. The minimum Gasteiger partial charge on any atom is -0.256 e. The monoisotopic (exact) mass is 625 g/mol. The maximum atomic E-state index is 4.87. The molecule has 10 aromatic rings. The third kappa shape index (κ3) is 4.14. The summed E-state index contributed by atoms with van der Waals surface area (Å²) >= 11 is 5.69. The van der Waals surface area contributed by atoms with Crippen molar-refractivity contribution in [3.05, 3.63) is 140 Å². The van der Waals surface area contributed by atoms with Crippen LogP contribution in [-0.2, 0) is 0 Å². The summed E-state index contributed by atoms with van der Waals surface area (Å²) < 4.78 is 6.86. The quantitative estimate of drug-likeness (QED) is 0.190. The fourth-order valence-electron chi connectivity index (χ4n) is 6.53. The molecule has 0 N–H and O–H groups in total. The molecule has 4 heterocycles. The molecule has 4 heteroatoms. The number of fused-ring (bicyclic) bond motifs is 8. The molecule has 0 saturated carbocycles. The average Bonchev–Trinajstić information content (AvgIpc) is 3.78. The Kier molecular flexibility index (Phi) is 5.55. The van der Waals surface area contributed by atoms with E-state index in [0.29, 0.717) is 0 Å². The normalized spacial score (nSPS) is 12.0. The van der Waals surface area contributed by atoms with Crippen molar-refractivity contribution in [2.24, 2.45) is 0 Å². The highest BCUT2D eigenvalue weighted by molar-refractivity contribution is 7.36. The Morgan fingerprint density at radius 1 is 0.378 bits per heavy atom. The lowest BCUT2D eigenvalue weighted by Gasteiger charge is -2.07. The van der Waals surface area contributed by atoms with E-state index in [-0.39, 0.29) is 0 Å². The first-order valence-electron chi connectivity index (χ1n) is 15.0. The van der Waals surface area contributed by atoms with E-state index < -0.39 is 0 Å². The van der Waals surface area contributed by atoms with Crippen molar-refractivity contribution in [3.8, 4) is 32.8 Å². The lowest BCUT2D eigenvalue weighted by atomic mass is 10.0. The van der Waals surface area contributed by atoms with Gasteiger partial charge in [-0.3, -0.25) is 4.98 Å². The summed E-state index contributed by atoms with van der Waals surface area (Å²) in [7, 11) is 0. The smallest absolute Gasteiger partial charge is 0.0702 e. The SMILES string of the molecule is c1ccc2cc3c(cc2c1)sc1c2cc4ccc(-c5ccc(-c6ccc(-c7cc8ccccc8s7)cc6)nc5)cc4cc2sc31. The van der Waals surface area contributed by atoms with Crippen molar-refractivity contribution < 1.29 is 0 Å². The van der Waals surface area contributed by atoms with Crippen molar-refractivity contribution in [3.63, 3.8) is 0 Å². The lowest BCUT2D eigenvalue weighted by molar-refractivity contribution is 1.33. The van der Waals surface area contributed by atoms with Crippen LogP contribution in [0.3, 0.4) is 0 Å². The molecule has 0 aliphatic rings. The van der Waals surface area contributed by atoms with Gasteiger partial charge >= 0.3 is 0 Å². The van der Waals surface area contributed by atoms with Gasteiger partial charge < -0.3 is 0 Å². The van der Waals surface area contributed by atoms with Crippen molar-refractivity contribution >= 4 is 95.2 Å². The Morgan fingerprint density at radius 3 is 1.69 bits per heavy atom. The van der Waals surface area contributed by atoms with E-state index in [0.717, 1.165) is 16.8 Å². The van der Waals surface area contributed by atoms with Gasteiger partial charge in [-0.05, 0) is 86.6 Å². The van der Waals surface area contributed by atoms with E-state index in [1.807, 2.05) is 40.2 Å². The van der Waals surface area contributed by atoms with Gasteiger partial charge in [-0.15, -0.1) is 34.0 Å². The molecule has 0 saturated heterocycles. The summed E-state index contributed by atoms with van der Waals surface area (Å²) in [6.45, 7) is 0. The number of thiophene rings is 3. The molecule has 0 unspecified atom stereocenters. The summed E-state index contributed by atoms with van der Waals surface area (Å²) in [5.74, 6) is 0. The van der Waals surface area contributed by atoms with Crippen LogP contribution in [0.5, 0.6) is 0 Å². The number of nitrogens with zero attached hydrogens (tertiary/aromatic N) is 1. The molecule has 210 valence electrons. The Bertz CT molecular complexity index is 2710. The van der Waals surface area contributed by atoms with Gasteiger partial charge in [0.2, 0.25) is 0 Å². The predicted molar refractivity (Wildman–Crippen MR) is 199 cm³/mol. The average molecular weight is 626 g/mol. The molecule has 45 heavy (non-hydrogen) atoms. The van der Waals surface area contributed by atoms with Crippen molar-refractivity contribution in [1.29, 1.82) is 0 Å². The Morgan fingerprint density at radius 2 is 0.978 bits per heavy atom. The molecule has 0 aliphatic carbocycles. The van der Waals surface area contributed by atoms with Crippen LogP contribution in [0.25, 0.3) is 94.0 Å². The second-order valence-corrected chi connectivity index (χ2v) is 14.8. The second-order valence-electron chi connectivity index (χ2n) is 11.6. The van der Waals surface area contributed by atoms with Gasteiger partial charge in [0.1, 0.15) is 0 Å². The number of benzene rings is 6. The number of aromatic nitrogens is 1. The molecular formula is C41H23NS3. The minimum absolute atomic E-state index is 0.989. The molecule has 0 spiro atoms. The van der Waals surface area contributed by atoms with Crippen LogP contribution >= 0.6 is 34.0 Å². The highest BCUT2D eigenvalue weighted by Gasteiger charge is 2.14. The van der Waals surface area contributed by atoms with Crippen molar-refractivity contribution in [2.75, 3.05) is 0 Å². The van der Waals surface area contributed by atoms with Crippen LogP contribution < -0.4 is 0 Å². The fourth-order valence-corrected chi connectivity index (χ4v) is 10.3. The summed E-state index contributed by atoms with van der Waals surface area (Å²) in [5.41, 5.74) is 5.69. The zero-order valence-electron chi connectivity index (χ0n) is 24.0. The third-order valence-electron chi connectivity index (χ3n) is 8.89. The molecule has 10 rings (SSSR count). The first kappa shape index (κ1) is 25.5. The zero-order valence-corrected chi connectivity index (χ0v) is 26.4. The van der Waals surface area contributed by atoms with E-state index >= 15 is 0 Å². The lowest BCUT2D eigenvalue weighted by Crippen LogP contribution is -1.86. The Hall–Kier alpha value is -4.87. The zero-order chi connectivity index (χ0) is 29.5. The number of hydrogen-bond donors (Lipinski definition) is 0. The van der Waals surface area contributed by atoms with Crippen LogP contribution in [0.1, 0.15) is 0 Å². The third-order valence-corrected chi connectivity index (χ3v) is 12.6. The van der Waals surface area contributed by atoms with E-state index in [9.17, 15) is 0 Å². The van der Waals surface area contributed by atoms with Crippen LogP contribution in [-0.4, -0.2) is 4.98 Å². The maximum absolute atomic E-state index is 4.87. The highest BCUT2D eigenvalue weighted by atomic mass is 32.1. The van der Waals surface area contributed by atoms with E-state index in [1.165, 1.54) is 77.2 Å². The van der Waals surface area contributed by atoms with Crippen LogP contribution in [0, 0.1) is 0 Å². The van der Waals surface area contributed by atoms with Gasteiger partial charge in [0.15, 0.2) is 0 Å². The van der Waals surface area contributed by atoms with Crippen LogP contribution in [0.4, 0.5) is 0 Å². The number of pyridine rings is 1. The van der Waals surface area contributed by atoms with E-state index in [2.05, 4.69) is 133 Å². The summed E-state index contributed by atoms with van der Waals surface area (Å²) in [6.07, 6.45) is 2.01. The molecule has 0 radical (unpaired) electrons. The summed E-state index contributed by atoms with van der Waals surface area (Å²) in [5, 5.41) is 9.20. The van der Waals surface area contributed by atoms with Crippen LogP contribution in [0.15, 0.2) is 140 Å². The van der Waals surface area contributed by atoms with Crippen molar-refractivity contribution in [1.82, 2.24) is 4.98 Å². The van der Waals surface area contributed by atoms with E-state index in [1.54, 1.807) is 0 Å². The van der Waals surface area contributed by atoms with Crippen LogP contribution in [0.2, 0.25) is 0 Å². The van der Waals surface area contributed by atoms with Gasteiger partial charge in [0.05, 0.1) is 15.1 Å². The predicted octanol–water partition coefficient (Wildman–Crippen LogP) is 13.2.